The van der Waals surface area contributed by atoms with Crippen LogP contribution >= 0.6 is 0 Å². The highest BCUT2D eigenvalue weighted by Crippen LogP contribution is 2.32. The van der Waals surface area contributed by atoms with Gasteiger partial charge in [0.1, 0.15) is 5.75 Å². The molecule has 5 nitrogen and oxygen atoms in total. The summed E-state index contributed by atoms with van der Waals surface area (Å²) in [6, 6.07) is 14.1. The first-order valence-electron chi connectivity index (χ1n) is 6.61. The number of anilines is 2. The molecule has 0 aliphatic carbocycles. The van der Waals surface area contributed by atoms with Crippen molar-refractivity contribution in [3.63, 3.8) is 0 Å². The third-order valence-electron chi connectivity index (χ3n) is 3.20. The largest absolute Gasteiger partial charge is 0.479 e. The van der Waals surface area contributed by atoms with Crippen molar-refractivity contribution in [3.05, 3.63) is 54.1 Å². The van der Waals surface area contributed by atoms with Gasteiger partial charge in [0.05, 0.1) is 5.69 Å². The number of carbonyl (C=O) groups excluding carboxylic acids is 2. The van der Waals surface area contributed by atoms with Crippen molar-refractivity contribution in [1.82, 2.24) is 0 Å². The third kappa shape index (κ3) is 2.72. The number of rotatable bonds is 2. The van der Waals surface area contributed by atoms with Gasteiger partial charge in [-0.1, -0.05) is 18.2 Å². The maximum atomic E-state index is 12.1. The Morgan fingerprint density at radius 3 is 2.71 bits per heavy atom. The Morgan fingerprint density at radius 1 is 1.19 bits per heavy atom. The van der Waals surface area contributed by atoms with Crippen molar-refractivity contribution in [2.45, 2.75) is 13.0 Å². The fourth-order valence-corrected chi connectivity index (χ4v) is 2.08. The number of amides is 2. The van der Waals surface area contributed by atoms with Crippen LogP contribution < -0.4 is 15.4 Å². The first-order valence-corrected chi connectivity index (χ1v) is 6.61. The summed E-state index contributed by atoms with van der Waals surface area (Å²) < 4.78 is 5.46. The van der Waals surface area contributed by atoms with Crippen molar-refractivity contribution in [2.75, 3.05) is 10.6 Å². The van der Waals surface area contributed by atoms with E-state index >= 15 is 0 Å². The van der Waals surface area contributed by atoms with E-state index in [0.717, 1.165) is 0 Å². The molecule has 1 aliphatic rings. The van der Waals surface area contributed by atoms with Gasteiger partial charge in [0.15, 0.2) is 6.10 Å². The fourth-order valence-electron chi connectivity index (χ4n) is 2.08. The SMILES string of the molecule is CC1Oc2ccc(NC(=O)c3ccccc3)cc2NC1=O. The lowest BCUT2D eigenvalue weighted by molar-refractivity contribution is -0.122. The van der Waals surface area contributed by atoms with Gasteiger partial charge in [-0.05, 0) is 37.3 Å². The van der Waals surface area contributed by atoms with Crippen LogP contribution in [0.2, 0.25) is 0 Å². The number of fused-ring (bicyclic) bond motifs is 1. The van der Waals surface area contributed by atoms with E-state index in [1.807, 2.05) is 6.07 Å². The summed E-state index contributed by atoms with van der Waals surface area (Å²) in [6.45, 7) is 1.68. The van der Waals surface area contributed by atoms with Gasteiger partial charge < -0.3 is 15.4 Å². The Labute approximate surface area is 121 Å². The molecule has 21 heavy (non-hydrogen) atoms. The van der Waals surface area contributed by atoms with Gasteiger partial charge >= 0.3 is 0 Å². The van der Waals surface area contributed by atoms with Crippen LogP contribution in [0.4, 0.5) is 11.4 Å². The highest BCUT2D eigenvalue weighted by atomic mass is 16.5. The Bertz CT molecular complexity index is 698. The van der Waals surface area contributed by atoms with E-state index in [0.29, 0.717) is 22.7 Å². The number of hydrogen-bond donors (Lipinski definition) is 2. The maximum absolute atomic E-state index is 12.1. The third-order valence-corrected chi connectivity index (χ3v) is 3.20. The Balaban J connectivity index is 1.80. The molecule has 0 radical (unpaired) electrons. The summed E-state index contributed by atoms with van der Waals surface area (Å²) in [7, 11) is 0. The van der Waals surface area contributed by atoms with E-state index in [-0.39, 0.29) is 11.8 Å². The van der Waals surface area contributed by atoms with Gasteiger partial charge in [-0.2, -0.15) is 0 Å². The molecule has 0 saturated heterocycles. The molecule has 0 fully saturated rings. The lowest BCUT2D eigenvalue weighted by Crippen LogP contribution is -2.34. The average molecular weight is 282 g/mol. The Kier molecular flexibility index (Phi) is 3.31. The van der Waals surface area contributed by atoms with Crippen LogP contribution in [-0.2, 0) is 4.79 Å². The number of nitrogens with one attached hydrogen (secondary N) is 2. The molecule has 3 rings (SSSR count). The van der Waals surface area contributed by atoms with Gasteiger partial charge in [0, 0.05) is 11.3 Å². The van der Waals surface area contributed by atoms with Crippen LogP contribution in [-0.4, -0.2) is 17.9 Å². The lowest BCUT2D eigenvalue weighted by Gasteiger charge is -2.23. The molecule has 1 heterocycles. The number of benzene rings is 2. The second-order valence-corrected chi connectivity index (χ2v) is 4.78. The molecule has 2 N–H and O–H groups in total. The highest BCUT2D eigenvalue weighted by Gasteiger charge is 2.23. The average Bonchev–Trinajstić information content (AvgIpc) is 2.49. The van der Waals surface area contributed by atoms with Crippen molar-refractivity contribution in [1.29, 1.82) is 0 Å². The predicted octanol–water partition coefficient (Wildman–Crippen LogP) is 2.66. The van der Waals surface area contributed by atoms with Crippen molar-refractivity contribution in [3.8, 4) is 5.75 Å². The zero-order valence-electron chi connectivity index (χ0n) is 11.4. The summed E-state index contributed by atoms with van der Waals surface area (Å²) >= 11 is 0. The summed E-state index contributed by atoms with van der Waals surface area (Å²) in [5, 5.41) is 5.54. The molecular weight excluding hydrogens is 268 g/mol. The van der Waals surface area contributed by atoms with Gasteiger partial charge in [-0.3, -0.25) is 9.59 Å². The second-order valence-electron chi connectivity index (χ2n) is 4.78. The first kappa shape index (κ1) is 13.2. The van der Waals surface area contributed by atoms with Crippen LogP contribution in [0.3, 0.4) is 0 Å². The molecule has 0 aromatic heterocycles. The van der Waals surface area contributed by atoms with Crippen molar-refractivity contribution >= 4 is 23.2 Å². The molecule has 1 atom stereocenters. The van der Waals surface area contributed by atoms with Gasteiger partial charge in [-0.25, -0.2) is 0 Å². The molecule has 106 valence electrons. The second kappa shape index (κ2) is 5.28. The molecule has 2 aromatic carbocycles. The minimum atomic E-state index is -0.512. The van der Waals surface area contributed by atoms with Crippen LogP contribution in [0.1, 0.15) is 17.3 Å². The summed E-state index contributed by atoms with van der Waals surface area (Å²) in [6.07, 6.45) is -0.512. The molecule has 1 aliphatic heterocycles. The minimum absolute atomic E-state index is 0.200. The summed E-state index contributed by atoms with van der Waals surface area (Å²) in [5.74, 6) is 0.195. The fraction of sp³-hybridized carbons (Fsp3) is 0.125. The maximum Gasteiger partial charge on any atom is 0.265 e. The van der Waals surface area contributed by atoms with Crippen LogP contribution in [0, 0.1) is 0 Å². The minimum Gasteiger partial charge on any atom is -0.479 e. The molecule has 2 aromatic rings. The number of carbonyl (C=O) groups is 2. The highest BCUT2D eigenvalue weighted by molar-refractivity contribution is 6.05. The normalized spacial score (nSPS) is 16.4. The Morgan fingerprint density at radius 2 is 1.95 bits per heavy atom. The summed E-state index contributed by atoms with van der Waals surface area (Å²) in [5.41, 5.74) is 1.73. The molecule has 5 heteroatoms. The van der Waals surface area contributed by atoms with E-state index in [1.165, 1.54) is 0 Å². The van der Waals surface area contributed by atoms with E-state index in [9.17, 15) is 9.59 Å². The molecule has 1 unspecified atom stereocenters. The molecule has 0 spiro atoms. The van der Waals surface area contributed by atoms with Crippen LogP contribution in [0.15, 0.2) is 48.5 Å². The van der Waals surface area contributed by atoms with Crippen molar-refractivity contribution in [2.24, 2.45) is 0 Å². The molecule has 0 bridgehead atoms. The van der Waals surface area contributed by atoms with E-state index in [1.54, 1.807) is 49.4 Å². The van der Waals surface area contributed by atoms with Gasteiger partial charge in [0.25, 0.3) is 11.8 Å². The van der Waals surface area contributed by atoms with Crippen LogP contribution in [0.25, 0.3) is 0 Å². The lowest BCUT2D eigenvalue weighted by atomic mass is 10.2. The van der Waals surface area contributed by atoms with Crippen molar-refractivity contribution < 1.29 is 14.3 Å². The Hall–Kier alpha value is -2.82. The number of hydrogen-bond acceptors (Lipinski definition) is 3. The number of ether oxygens (including phenoxy) is 1. The van der Waals surface area contributed by atoms with E-state index in [2.05, 4.69) is 10.6 Å². The first-order chi connectivity index (χ1) is 10.1. The topological polar surface area (TPSA) is 67.4 Å². The predicted molar refractivity (Wildman–Crippen MR) is 79.6 cm³/mol. The quantitative estimate of drug-likeness (QED) is 0.889. The van der Waals surface area contributed by atoms with Gasteiger partial charge in [0.2, 0.25) is 0 Å². The monoisotopic (exact) mass is 282 g/mol. The van der Waals surface area contributed by atoms with Gasteiger partial charge in [-0.15, -0.1) is 0 Å². The molecular formula is C16H14N2O3. The smallest absolute Gasteiger partial charge is 0.265 e. The van der Waals surface area contributed by atoms with E-state index < -0.39 is 6.10 Å². The zero-order valence-corrected chi connectivity index (χ0v) is 11.4. The zero-order chi connectivity index (χ0) is 14.8. The standard InChI is InChI=1S/C16H14N2O3/c1-10-15(19)18-13-9-12(7-8-14(13)21-10)17-16(20)11-5-3-2-4-6-11/h2-10H,1H3,(H,17,20)(H,18,19). The molecule has 0 saturated carbocycles. The van der Waals surface area contributed by atoms with E-state index in [4.69, 9.17) is 4.74 Å². The summed E-state index contributed by atoms with van der Waals surface area (Å²) in [4.78, 5) is 23.7. The molecule has 2 amide bonds. The van der Waals surface area contributed by atoms with Crippen LogP contribution in [0.5, 0.6) is 5.75 Å².